The number of carbonyl (C=O) groups is 1. The molecule has 0 aliphatic heterocycles. The van der Waals surface area contributed by atoms with Gasteiger partial charge in [-0.3, -0.25) is 9.78 Å². The number of halogens is 1. The lowest BCUT2D eigenvalue weighted by atomic mass is 10.1. The summed E-state index contributed by atoms with van der Waals surface area (Å²) in [6.07, 6.45) is 4.27. The number of carbonyl (C=O) groups excluding carboxylic acids is 1. The van der Waals surface area contributed by atoms with E-state index in [0.717, 1.165) is 12.0 Å². The van der Waals surface area contributed by atoms with Crippen molar-refractivity contribution in [3.05, 3.63) is 30.1 Å². The van der Waals surface area contributed by atoms with Crippen LogP contribution in [0.3, 0.4) is 0 Å². The zero-order chi connectivity index (χ0) is 11.3. The Labute approximate surface area is 102 Å². The van der Waals surface area contributed by atoms with Crippen LogP contribution in [0.25, 0.3) is 0 Å². The van der Waals surface area contributed by atoms with E-state index in [4.69, 9.17) is 5.73 Å². The van der Waals surface area contributed by atoms with Crippen LogP contribution in [0.5, 0.6) is 0 Å². The molecule has 2 unspecified atom stereocenters. The van der Waals surface area contributed by atoms with Crippen molar-refractivity contribution in [2.75, 3.05) is 0 Å². The van der Waals surface area contributed by atoms with Crippen molar-refractivity contribution in [1.29, 1.82) is 0 Å². The molecule has 1 aromatic rings. The van der Waals surface area contributed by atoms with Crippen LogP contribution in [-0.2, 0) is 4.79 Å². The van der Waals surface area contributed by atoms with Gasteiger partial charge in [0.15, 0.2) is 0 Å². The van der Waals surface area contributed by atoms with Gasteiger partial charge in [0.05, 0.1) is 12.1 Å². The van der Waals surface area contributed by atoms with Crippen LogP contribution in [0.4, 0.5) is 0 Å². The second kappa shape index (κ2) is 7.19. The highest BCUT2D eigenvalue weighted by molar-refractivity contribution is 5.85. The number of nitrogens with two attached hydrogens (primary N) is 1. The van der Waals surface area contributed by atoms with Crippen molar-refractivity contribution < 1.29 is 4.79 Å². The Morgan fingerprint density at radius 1 is 1.50 bits per heavy atom. The molecule has 16 heavy (non-hydrogen) atoms. The predicted octanol–water partition coefficient (Wildman–Crippen LogP) is 1.42. The predicted molar refractivity (Wildman–Crippen MR) is 66.3 cm³/mol. The molecule has 5 heteroatoms. The van der Waals surface area contributed by atoms with Gasteiger partial charge in [0.1, 0.15) is 0 Å². The molecular formula is C11H18ClN3O. The van der Waals surface area contributed by atoms with E-state index in [0.29, 0.717) is 0 Å². The highest BCUT2D eigenvalue weighted by Crippen LogP contribution is 2.14. The molecular weight excluding hydrogens is 226 g/mol. The summed E-state index contributed by atoms with van der Waals surface area (Å²) < 4.78 is 0. The molecule has 0 saturated carbocycles. The zero-order valence-corrected chi connectivity index (χ0v) is 10.3. The summed E-state index contributed by atoms with van der Waals surface area (Å²) in [6.45, 7) is 3.70. The van der Waals surface area contributed by atoms with Gasteiger partial charge in [-0.05, 0) is 31.0 Å². The first-order valence-corrected chi connectivity index (χ1v) is 5.11. The molecule has 0 bridgehead atoms. The lowest BCUT2D eigenvalue weighted by Gasteiger charge is -2.18. The highest BCUT2D eigenvalue weighted by atomic mass is 35.5. The lowest BCUT2D eigenvalue weighted by Crippen LogP contribution is -2.40. The number of amides is 1. The average molecular weight is 244 g/mol. The summed E-state index contributed by atoms with van der Waals surface area (Å²) in [5, 5.41) is 2.89. The molecule has 4 nitrogen and oxygen atoms in total. The Balaban J connectivity index is 0.00000225. The average Bonchev–Trinajstić information content (AvgIpc) is 2.26. The number of nitrogens with zero attached hydrogens (tertiary/aromatic N) is 1. The van der Waals surface area contributed by atoms with Gasteiger partial charge < -0.3 is 11.1 Å². The minimum atomic E-state index is -0.471. The quantitative estimate of drug-likeness (QED) is 0.841. The van der Waals surface area contributed by atoms with Gasteiger partial charge in [0, 0.05) is 12.4 Å². The molecule has 0 radical (unpaired) electrons. The van der Waals surface area contributed by atoms with Gasteiger partial charge in [-0.1, -0.05) is 6.92 Å². The Bertz CT molecular complexity index is 316. The van der Waals surface area contributed by atoms with Crippen LogP contribution < -0.4 is 11.1 Å². The van der Waals surface area contributed by atoms with Gasteiger partial charge in [-0.2, -0.15) is 0 Å². The molecule has 1 amide bonds. The van der Waals surface area contributed by atoms with Crippen molar-refractivity contribution in [1.82, 2.24) is 10.3 Å². The van der Waals surface area contributed by atoms with Crippen LogP contribution >= 0.6 is 12.4 Å². The molecule has 2 atom stereocenters. The Morgan fingerprint density at radius 3 is 2.50 bits per heavy atom. The van der Waals surface area contributed by atoms with Crippen molar-refractivity contribution in [3.63, 3.8) is 0 Å². The Kier molecular flexibility index (Phi) is 6.69. The van der Waals surface area contributed by atoms with E-state index in [2.05, 4.69) is 10.3 Å². The number of nitrogens with one attached hydrogen (secondary N) is 1. The fourth-order valence-electron chi connectivity index (χ4n) is 1.32. The zero-order valence-electron chi connectivity index (χ0n) is 9.51. The maximum Gasteiger partial charge on any atom is 0.237 e. The molecule has 0 fully saturated rings. The summed E-state index contributed by atoms with van der Waals surface area (Å²) in [7, 11) is 0. The van der Waals surface area contributed by atoms with Crippen LogP contribution in [0.15, 0.2) is 24.5 Å². The first-order chi connectivity index (χ1) is 7.15. The summed E-state index contributed by atoms with van der Waals surface area (Å²) in [6, 6.07) is 3.35. The number of aromatic nitrogens is 1. The standard InChI is InChI=1S/C11H17N3O.ClH/c1-3-10(14-11(15)8(2)12)9-4-6-13-7-5-9;/h4-8,10H,3,12H2,1-2H3,(H,14,15);1H. The summed E-state index contributed by atoms with van der Waals surface area (Å²) in [4.78, 5) is 15.4. The summed E-state index contributed by atoms with van der Waals surface area (Å²) in [5.74, 6) is -0.126. The van der Waals surface area contributed by atoms with Gasteiger partial charge in [0.25, 0.3) is 0 Å². The Hall–Kier alpha value is -1.13. The summed E-state index contributed by atoms with van der Waals surface area (Å²) in [5.41, 5.74) is 6.55. The normalized spacial score (nSPS) is 13.4. The van der Waals surface area contributed by atoms with Crippen molar-refractivity contribution >= 4 is 18.3 Å². The van der Waals surface area contributed by atoms with Crippen LogP contribution in [0, 0.1) is 0 Å². The van der Waals surface area contributed by atoms with E-state index in [1.807, 2.05) is 19.1 Å². The largest absolute Gasteiger partial charge is 0.348 e. The fourth-order valence-corrected chi connectivity index (χ4v) is 1.32. The Morgan fingerprint density at radius 2 is 2.06 bits per heavy atom. The molecule has 1 aromatic heterocycles. The molecule has 1 rings (SSSR count). The molecule has 1 heterocycles. The first kappa shape index (κ1) is 14.9. The minimum Gasteiger partial charge on any atom is -0.348 e. The topological polar surface area (TPSA) is 68.0 Å². The van der Waals surface area contributed by atoms with E-state index >= 15 is 0 Å². The van der Waals surface area contributed by atoms with E-state index < -0.39 is 6.04 Å². The molecule has 0 aliphatic carbocycles. The third-order valence-electron chi connectivity index (χ3n) is 2.25. The van der Waals surface area contributed by atoms with Gasteiger partial charge in [-0.25, -0.2) is 0 Å². The smallest absolute Gasteiger partial charge is 0.237 e. The first-order valence-electron chi connectivity index (χ1n) is 5.11. The van der Waals surface area contributed by atoms with Crippen LogP contribution in [0.1, 0.15) is 31.9 Å². The minimum absolute atomic E-state index is 0. The van der Waals surface area contributed by atoms with Crippen molar-refractivity contribution in [2.24, 2.45) is 5.73 Å². The van der Waals surface area contributed by atoms with Crippen LogP contribution in [0.2, 0.25) is 0 Å². The van der Waals surface area contributed by atoms with Gasteiger partial charge in [-0.15, -0.1) is 12.4 Å². The van der Waals surface area contributed by atoms with Crippen molar-refractivity contribution in [3.8, 4) is 0 Å². The highest BCUT2D eigenvalue weighted by Gasteiger charge is 2.14. The molecule has 90 valence electrons. The van der Waals surface area contributed by atoms with Crippen LogP contribution in [-0.4, -0.2) is 16.9 Å². The maximum atomic E-state index is 11.4. The fraction of sp³-hybridized carbons (Fsp3) is 0.455. The third kappa shape index (κ3) is 4.16. The molecule has 0 spiro atoms. The van der Waals surface area contributed by atoms with E-state index in [-0.39, 0.29) is 24.4 Å². The van der Waals surface area contributed by atoms with E-state index in [1.165, 1.54) is 0 Å². The lowest BCUT2D eigenvalue weighted by molar-refractivity contribution is -0.122. The van der Waals surface area contributed by atoms with E-state index in [9.17, 15) is 4.79 Å². The third-order valence-corrected chi connectivity index (χ3v) is 2.25. The monoisotopic (exact) mass is 243 g/mol. The molecule has 3 N–H and O–H groups in total. The number of hydrogen-bond donors (Lipinski definition) is 2. The molecule has 0 saturated heterocycles. The van der Waals surface area contributed by atoms with Crippen molar-refractivity contribution in [2.45, 2.75) is 32.4 Å². The SMILES string of the molecule is CCC(NC(=O)C(C)N)c1ccncc1.Cl. The number of pyridine rings is 1. The van der Waals surface area contributed by atoms with Gasteiger partial charge in [0.2, 0.25) is 5.91 Å². The number of rotatable bonds is 4. The summed E-state index contributed by atoms with van der Waals surface area (Å²) >= 11 is 0. The second-order valence-electron chi connectivity index (χ2n) is 3.54. The van der Waals surface area contributed by atoms with Gasteiger partial charge >= 0.3 is 0 Å². The van der Waals surface area contributed by atoms with E-state index in [1.54, 1.807) is 19.3 Å². The molecule has 0 aromatic carbocycles. The second-order valence-corrected chi connectivity index (χ2v) is 3.54. The maximum absolute atomic E-state index is 11.4. The molecule has 0 aliphatic rings. The number of hydrogen-bond acceptors (Lipinski definition) is 3.